The number of nitrogens with one attached hydrogen (secondary N) is 1. The maximum Gasteiger partial charge on any atom is 0.253 e. The van der Waals surface area contributed by atoms with Gasteiger partial charge in [0, 0.05) is 38.3 Å². The molecule has 2 unspecified atom stereocenters. The first kappa shape index (κ1) is 14.7. The molecule has 2 atom stereocenters. The number of anilines is 1. The Balaban J connectivity index is 1.78. The van der Waals surface area contributed by atoms with Gasteiger partial charge in [-0.2, -0.15) is 0 Å². The van der Waals surface area contributed by atoms with Crippen LogP contribution in [0.25, 0.3) is 0 Å². The molecular weight excluding hydrogens is 286 g/mol. The number of amides is 1. The van der Waals surface area contributed by atoms with Crippen molar-refractivity contribution in [1.29, 1.82) is 0 Å². The first-order valence-corrected chi connectivity index (χ1v) is 7.96. The Labute approximate surface area is 131 Å². The van der Waals surface area contributed by atoms with Crippen LogP contribution in [0, 0.1) is 0 Å². The molecule has 0 bridgehead atoms. The highest BCUT2D eigenvalue weighted by molar-refractivity contribution is 6.33. The van der Waals surface area contributed by atoms with Crippen LogP contribution in [-0.4, -0.2) is 55.0 Å². The molecule has 2 saturated heterocycles. The van der Waals surface area contributed by atoms with Gasteiger partial charge in [0.25, 0.3) is 5.91 Å². The molecule has 2 fully saturated rings. The molecule has 21 heavy (non-hydrogen) atoms. The zero-order valence-electron chi connectivity index (χ0n) is 12.6. The second-order valence-electron chi connectivity index (χ2n) is 6.18. The molecule has 1 aromatic rings. The number of rotatable bonds is 3. The Morgan fingerprint density at radius 1 is 1.33 bits per heavy atom. The van der Waals surface area contributed by atoms with Crippen LogP contribution in [0.4, 0.5) is 5.69 Å². The van der Waals surface area contributed by atoms with Crippen LogP contribution in [-0.2, 0) is 0 Å². The van der Waals surface area contributed by atoms with Gasteiger partial charge in [-0.3, -0.25) is 9.69 Å². The summed E-state index contributed by atoms with van der Waals surface area (Å²) in [6.45, 7) is 2.38. The highest BCUT2D eigenvalue weighted by Crippen LogP contribution is 2.32. The van der Waals surface area contributed by atoms with E-state index in [2.05, 4.69) is 10.2 Å². The van der Waals surface area contributed by atoms with Crippen LogP contribution >= 0.6 is 11.6 Å². The lowest BCUT2D eigenvalue weighted by molar-refractivity contribution is 0.0827. The van der Waals surface area contributed by atoms with E-state index in [0.717, 1.165) is 18.7 Å². The van der Waals surface area contributed by atoms with E-state index in [1.807, 2.05) is 12.1 Å². The maximum absolute atomic E-state index is 12.1. The number of halogens is 1. The molecule has 1 aromatic carbocycles. The number of hydrogen-bond donors (Lipinski definition) is 1. The van der Waals surface area contributed by atoms with Gasteiger partial charge in [-0.15, -0.1) is 0 Å². The van der Waals surface area contributed by atoms with Crippen molar-refractivity contribution in [2.75, 3.05) is 32.5 Å². The topological polar surface area (TPSA) is 35.6 Å². The van der Waals surface area contributed by atoms with Gasteiger partial charge < -0.3 is 10.2 Å². The summed E-state index contributed by atoms with van der Waals surface area (Å²) < 4.78 is 0. The highest BCUT2D eigenvalue weighted by atomic mass is 35.5. The molecule has 3 rings (SSSR count). The van der Waals surface area contributed by atoms with Crippen molar-refractivity contribution in [1.82, 2.24) is 9.80 Å². The largest absolute Gasteiger partial charge is 0.379 e. The number of fused-ring (bicyclic) bond motifs is 1. The third-order valence-corrected chi connectivity index (χ3v) is 4.90. The molecule has 1 amide bonds. The van der Waals surface area contributed by atoms with E-state index in [1.54, 1.807) is 25.1 Å². The molecule has 5 heteroatoms. The van der Waals surface area contributed by atoms with Crippen molar-refractivity contribution in [3.8, 4) is 0 Å². The van der Waals surface area contributed by atoms with Gasteiger partial charge in [-0.05, 0) is 44.0 Å². The fourth-order valence-corrected chi connectivity index (χ4v) is 3.65. The summed E-state index contributed by atoms with van der Waals surface area (Å²) in [5, 5.41) is 4.25. The van der Waals surface area contributed by atoms with Gasteiger partial charge >= 0.3 is 0 Å². The smallest absolute Gasteiger partial charge is 0.253 e. The van der Waals surface area contributed by atoms with Crippen LogP contribution in [0.5, 0.6) is 0 Å². The second kappa shape index (κ2) is 5.85. The van der Waals surface area contributed by atoms with Gasteiger partial charge in [0.05, 0.1) is 10.7 Å². The van der Waals surface area contributed by atoms with Gasteiger partial charge in [-0.1, -0.05) is 11.6 Å². The quantitative estimate of drug-likeness (QED) is 0.932. The van der Waals surface area contributed by atoms with Crippen molar-refractivity contribution in [3.63, 3.8) is 0 Å². The maximum atomic E-state index is 12.1. The zero-order chi connectivity index (χ0) is 15.0. The molecule has 0 aromatic heterocycles. The fourth-order valence-electron chi connectivity index (χ4n) is 3.48. The van der Waals surface area contributed by atoms with E-state index in [-0.39, 0.29) is 5.91 Å². The number of benzene rings is 1. The number of carbonyl (C=O) groups is 1. The molecular formula is C16H22ClN3O. The SMILES string of the molecule is CN(C)C(=O)c1ccc(Cl)c(NC2CCN3CCCC23)c1. The summed E-state index contributed by atoms with van der Waals surface area (Å²) >= 11 is 6.30. The lowest BCUT2D eigenvalue weighted by Crippen LogP contribution is -2.33. The lowest BCUT2D eigenvalue weighted by atomic mass is 10.1. The molecule has 4 nitrogen and oxygen atoms in total. The fraction of sp³-hybridized carbons (Fsp3) is 0.562. The standard InChI is InChI=1S/C16H22ClN3O/c1-19(2)16(21)11-5-6-12(17)14(10-11)18-13-7-9-20-8-3-4-15(13)20/h5-6,10,13,15,18H,3-4,7-9H2,1-2H3. The molecule has 0 aliphatic carbocycles. The first-order chi connectivity index (χ1) is 10.1. The van der Waals surface area contributed by atoms with Crippen LogP contribution in [0.1, 0.15) is 29.6 Å². The summed E-state index contributed by atoms with van der Waals surface area (Å²) in [5.41, 5.74) is 1.55. The number of hydrogen-bond acceptors (Lipinski definition) is 3. The number of carbonyl (C=O) groups excluding carboxylic acids is 1. The van der Waals surface area contributed by atoms with E-state index in [0.29, 0.717) is 22.7 Å². The van der Waals surface area contributed by atoms with Crippen LogP contribution in [0.2, 0.25) is 5.02 Å². The monoisotopic (exact) mass is 307 g/mol. The molecule has 2 aliphatic heterocycles. The summed E-state index contributed by atoms with van der Waals surface area (Å²) in [4.78, 5) is 16.2. The third-order valence-electron chi connectivity index (χ3n) is 4.57. The van der Waals surface area contributed by atoms with Crippen LogP contribution < -0.4 is 5.32 Å². The summed E-state index contributed by atoms with van der Waals surface area (Å²) in [5.74, 6) is 0.00336. The summed E-state index contributed by atoms with van der Waals surface area (Å²) in [6.07, 6.45) is 3.69. The average Bonchev–Trinajstić information content (AvgIpc) is 3.05. The minimum absolute atomic E-state index is 0.00336. The van der Waals surface area contributed by atoms with Crippen molar-refractivity contribution in [2.45, 2.75) is 31.3 Å². The molecule has 0 saturated carbocycles. The zero-order valence-corrected chi connectivity index (χ0v) is 13.4. The van der Waals surface area contributed by atoms with E-state index >= 15 is 0 Å². The average molecular weight is 308 g/mol. The minimum Gasteiger partial charge on any atom is -0.379 e. The van der Waals surface area contributed by atoms with E-state index in [1.165, 1.54) is 19.4 Å². The molecule has 2 aliphatic rings. The van der Waals surface area contributed by atoms with E-state index in [9.17, 15) is 4.79 Å². The van der Waals surface area contributed by atoms with Crippen LogP contribution in [0.3, 0.4) is 0 Å². The summed E-state index contributed by atoms with van der Waals surface area (Å²) in [6, 6.07) is 6.53. The van der Waals surface area contributed by atoms with Crippen molar-refractivity contribution < 1.29 is 4.79 Å². The van der Waals surface area contributed by atoms with Crippen molar-refractivity contribution in [2.24, 2.45) is 0 Å². The van der Waals surface area contributed by atoms with Crippen molar-refractivity contribution >= 4 is 23.2 Å². The predicted octanol–water partition coefficient (Wildman–Crippen LogP) is 2.69. The van der Waals surface area contributed by atoms with Crippen LogP contribution in [0.15, 0.2) is 18.2 Å². The Kier molecular flexibility index (Phi) is 4.09. The van der Waals surface area contributed by atoms with Crippen molar-refractivity contribution in [3.05, 3.63) is 28.8 Å². The molecule has 0 radical (unpaired) electrons. The van der Waals surface area contributed by atoms with Gasteiger partial charge in [-0.25, -0.2) is 0 Å². The van der Waals surface area contributed by atoms with Gasteiger partial charge in [0.2, 0.25) is 0 Å². The van der Waals surface area contributed by atoms with Gasteiger partial charge in [0.15, 0.2) is 0 Å². The molecule has 2 heterocycles. The highest BCUT2D eigenvalue weighted by Gasteiger charge is 2.37. The lowest BCUT2D eigenvalue weighted by Gasteiger charge is -2.23. The Morgan fingerprint density at radius 3 is 2.90 bits per heavy atom. The molecule has 0 spiro atoms. The number of nitrogens with zero attached hydrogens (tertiary/aromatic N) is 2. The Bertz CT molecular complexity index is 546. The Hall–Kier alpha value is -1.26. The van der Waals surface area contributed by atoms with Gasteiger partial charge in [0.1, 0.15) is 0 Å². The molecule has 114 valence electrons. The van der Waals surface area contributed by atoms with E-state index < -0.39 is 0 Å². The minimum atomic E-state index is 0.00336. The van der Waals surface area contributed by atoms with E-state index in [4.69, 9.17) is 11.6 Å². The third kappa shape index (κ3) is 2.87. The predicted molar refractivity (Wildman–Crippen MR) is 86.1 cm³/mol. The normalized spacial score (nSPS) is 24.9. The molecule has 1 N–H and O–H groups in total. The second-order valence-corrected chi connectivity index (χ2v) is 6.59. The first-order valence-electron chi connectivity index (χ1n) is 7.58. The summed E-state index contributed by atoms with van der Waals surface area (Å²) in [7, 11) is 3.52. The Morgan fingerprint density at radius 2 is 2.14 bits per heavy atom.